The smallest absolute Gasteiger partial charge is 0.408 e. The van der Waals surface area contributed by atoms with Crippen LogP contribution in [0.5, 0.6) is 0 Å². The van der Waals surface area contributed by atoms with Crippen LogP contribution in [0.4, 0.5) is 4.79 Å². The second kappa shape index (κ2) is 23.4. The molecule has 1 aromatic carbocycles. The summed E-state index contributed by atoms with van der Waals surface area (Å²) in [6.07, 6.45) is 0.512. The average molecular weight is 790 g/mol. The van der Waals surface area contributed by atoms with Gasteiger partial charge in [0.15, 0.2) is 0 Å². The van der Waals surface area contributed by atoms with Crippen molar-refractivity contribution in [2.45, 2.75) is 157 Å². The van der Waals surface area contributed by atoms with Crippen LogP contribution in [0.15, 0.2) is 30.3 Å². The summed E-state index contributed by atoms with van der Waals surface area (Å²) in [7, 11) is 1.21. The largest absolute Gasteiger partial charge is 0.467 e. The zero-order valence-corrected chi connectivity index (χ0v) is 35.5. The number of benzene rings is 1. The molecule has 6 atom stereocenters. The summed E-state index contributed by atoms with van der Waals surface area (Å²) in [6.45, 7) is 19.1. The van der Waals surface area contributed by atoms with Gasteiger partial charge in [-0.25, -0.2) is 14.4 Å². The molecular weight excluding hydrogens is 722 g/mol. The number of carbonyl (C=O) groups excluding carboxylic acids is 7. The molecule has 15 nitrogen and oxygen atoms in total. The molecule has 0 aromatic heterocycles. The van der Waals surface area contributed by atoms with Crippen LogP contribution < -0.4 is 26.6 Å². The molecule has 0 radical (unpaired) electrons. The molecule has 0 heterocycles. The average Bonchev–Trinajstić information content (AvgIpc) is 3.13. The fourth-order valence-electron chi connectivity index (χ4n) is 5.66. The van der Waals surface area contributed by atoms with Gasteiger partial charge in [0.05, 0.1) is 7.11 Å². The van der Waals surface area contributed by atoms with Crippen molar-refractivity contribution in [1.82, 2.24) is 26.6 Å². The Kier molecular flexibility index (Phi) is 20.6. The molecule has 15 heteroatoms. The molecule has 0 aliphatic carbocycles. The molecule has 316 valence electrons. The van der Waals surface area contributed by atoms with E-state index in [0.29, 0.717) is 19.3 Å². The van der Waals surface area contributed by atoms with Crippen LogP contribution in [0.1, 0.15) is 120 Å². The number of hydrogen-bond acceptors (Lipinski definition) is 10. The van der Waals surface area contributed by atoms with Gasteiger partial charge in [-0.2, -0.15) is 0 Å². The molecule has 0 saturated carbocycles. The Morgan fingerprint density at radius 2 is 1.36 bits per heavy atom. The fourth-order valence-corrected chi connectivity index (χ4v) is 5.66. The Morgan fingerprint density at radius 1 is 0.732 bits per heavy atom. The maximum Gasteiger partial charge on any atom is 0.408 e. The second-order valence-electron chi connectivity index (χ2n) is 15.9. The predicted octanol–water partition coefficient (Wildman–Crippen LogP) is 4.45. The molecule has 5 amide bonds. The standard InChI is InChI=1S/C41H67N5O10/c1-13-16-22-41(38(52)56-40(9,10)11,37(51)43-29(15-3)33(47)44-32(27(8)14-2)36(50)54-12)46-34(48)30(23-25(4)5)42-35(49)31(26(6)7)45-39(53)55-24-28-20-18-17-19-21-28/h17-21,25-27,29-32H,13-16,22-24H2,1-12H3,(H,42,49)(H,43,51)(H,44,47)(H,45,53)(H,46,48)/t27-,29-,30-,31-,32-,41?/m0/s1. The van der Waals surface area contributed by atoms with Crippen molar-refractivity contribution < 1.29 is 47.8 Å². The van der Waals surface area contributed by atoms with Gasteiger partial charge in [0.1, 0.15) is 36.4 Å². The van der Waals surface area contributed by atoms with Crippen molar-refractivity contribution in [3.8, 4) is 0 Å². The third kappa shape index (κ3) is 15.8. The molecule has 1 rings (SSSR count). The van der Waals surface area contributed by atoms with Crippen LogP contribution in [0.3, 0.4) is 0 Å². The van der Waals surface area contributed by atoms with Gasteiger partial charge in [0, 0.05) is 0 Å². The van der Waals surface area contributed by atoms with Crippen molar-refractivity contribution in [2.24, 2.45) is 17.8 Å². The van der Waals surface area contributed by atoms with E-state index in [2.05, 4.69) is 26.6 Å². The van der Waals surface area contributed by atoms with E-state index >= 15 is 0 Å². The normalized spacial score (nSPS) is 15.2. The molecular formula is C41H67N5O10. The minimum atomic E-state index is -2.33. The van der Waals surface area contributed by atoms with Crippen molar-refractivity contribution >= 4 is 41.7 Å². The zero-order valence-electron chi connectivity index (χ0n) is 35.5. The Morgan fingerprint density at radius 3 is 1.86 bits per heavy atom. The van der Waals surface area contributed by atoms with E-state index in [1.807, 2.05) is 33.8 Å². The molecule has 0 spiro atoms. The van der Waals surface area contributed by atoms with Gasteiger partial charge >= 0.3 is 18.0 Å². The number of amides is 5. The van der Waals surface area contributed by atoms with Gasteiger partial charge in [-0.05, 0) is 63.4 Å². The SMILES string of the molecule is CCCCC(NC(=O)[C@H](CC(C)C)NC(=O)[C@@H](NC(=O)OCc1ccccc1)C(C)C)(C(=O)N[C@@H](CC)C(=O)N[C@H](C(=O)OC)[C@@H](C)CC)C(=O)OC(C)(C)C. The molecule has 5 N–H and O–H groups in total. The van der Waals surface area contributed by atoms with E-state index in [0.717, 1.165) is 5.56 Å². The van der Waals surface area contributed by atoms with Gasteiger partial charge in [-0.15, -0.1) is 0 Å². The number of hydrogen-bond donors (Lipinski definition) is 5. The molecule has 1 aromatic rings. The molecule has 0 bridgehead atoms. The third-order valence-electron chi connectivity index (χ3n) is 9.15. The number of carbonyl (C=O) groups is 7. The highest BCUT2D eigenvalue weighted by molar-refractivity contribution is 6.11. The first-order valence-corrected chi connectivity index (χ1v) is 19.7. The van der Waals surface area contributed by atoms with E-state index < -0.39 is 82.9 Å². The van der Waals surface area contributed by atoms with Gasteiger partial charge in [0.2, 0.25) is 23.3 Å². The van der Waals surface area contributed by atoms with Crippen LogP contribution >= 0.6 is 0 Å². The summed E-state index contributed by atoms with van der Waals surface area (Å²) in [6, 6.07) is 4.45. The highest BCUT2D eigenvalue weighted by Crippen LogP contribution is 2.23. The number of rotatable bonds is 22. The summed E-state index contributed by atoms with van der Waals surface area (Å²) >= 11 is 0. The minimum Gasteiger partial charge on any atom is -0.467 e. The lowest BCUT2D eigenvalue weighted by Crippen LogP contribution is -2.69. The monoisotopic (exact) mass is 789 g/mol. The second-order valence-corrected chi connectivity index (χ2v) is 15.9. The Labute approximate surface area is 332 Å². The van der Waals surface area contributed by atoms with E-state index in [-0.39, 0.29) is 37.7 Å². The molecule has 0 fully saturated rings. The Balaban J connectivity index is 3.55. The number of alkyl carbamates (subject to hydrolysis) is 1. The van der Waals surface area contributed by atoms with Crippen molar-refractivity contribution in [3.63, 3.8) is 0 Å². The Hall–Kier alpha value is -4.69. The minimum absolute atomic E-state index is 0.0195. The number of esters is 2. The van der Waals surface area contributed by atoms with E-state index in [1.165, 1.54) is 7.11 Å². The lowest BCUT2D eigenvalue weighted by Gasteiger charge is -2.36. The Bertz CT molecular complexity index is 1460. The van der Waals surface area contributed by atoms with Crippen LogP contribution in [0, 0.1) is 17.8 Å². The van der Waals surface area contributed by atoms with Crippen LogP contribution in [0.2, 0.25) is 0 Å². The maximum absolute atomic E-state index is 14.5. The van der Waals surface area contributed by atoms with E-state index in [9.17, 15) is 33.6 Å². The summed E-state index contributed by atoms with van der Waals surface area (Å²) in [5.41, 5.74) is -2.66. The number of unbranched alkanes of at least 4 members (excludes halogenated alkanes) is 1. The number of nitrogens with one attached hydrogen (secondary N) is 5. The van der Waals surface area contributed by atoms with E-state index in [4.69, 9.17) is 14.2 Å². The molecule has 0 aliphatic rings. The highest BCUT2D eigenvalue weighted by atomic mass is 16.6. The quantitative estimate of drug-likeness (QED) is 0.0634. The first-order valence-electron chi connectivity index (χ1n) is 19.7. The summed E-state index contributed by atoms with van der Waals surface area (Å²) < 4.78 is 16.0. The first kappa shape index (κ1) is 49.3. The van der Waals surface area contributed by atoms with Gasteiger partial charge in [-0.1, -0.05) is 105 Å². The first-order chi connectivity index (χ1) is 26.2. The van der Waals surface area contributed by atoms with Crippen LogP contribution in [0.25, 0.3) is 0 Å². The lowest BCUT2D eigenvalue weighted by atomic mass is 9.89. The summed E-state index contributed by atoms with van der Waals surface area (Å²) in [5.74, 6) is -5.76. The number of ether oxygens (including phenoxy) is 3. The summed E-state index contributed by atoms with van der Waals surface area (Å²) in [4.78, 5) is 95.6. The molecule has 0 aliphatic heterocycles. The maximum atomic E-state index is 14.5. The van der Waals surface area contributed by atoms with E-state index in [1.54, 1.807) is 72.7 Å². The van der Waals surface area contributed by atoms with Gasteiger partial charge in [-0.3, -0.25) is 19.2 Å². The highest BCUT2D eigenvalue weighted by Gasteiger charge is 2.51. The van der Waals surface area contributed by atoms with Crippen LogP contribution in [-0.4, -0.2) is 84.1 Å². The van der Waals surface area contributed by atoms with Crippen molar-refractivity contribution in [3.05, 3.63) is 35.9 Å². The molecule has 1 unspecified atom stereocenters. The van der Waals surface area contributed by atoms with Crippen molar-refractivity contribution in [2.75, 3.05) is 7.11 Å². The van der Waals surface area contributed by atoms with Gasteiger partial charge < -0.3 is 40.8 Å². The molecule has 0 saturated heterocycles. The lowest BCUT2D eigenvalue weighted by molar-refractivity contribution is -0.169. The van der Waals surface area contributed by atoms with Gasteiger partial charge in [0.25, 0.3) is 5.91 Å². The predicted molar refractivity (Wildman–Crippen MR) is 212 cm³/mol. The van der Waals surface area contributed by atoms with Crippen molar-refractivity contribution in [1.29, 1.82) is 0 Å². The topological polar surface area (TPSA) is 207 Å². The fraction of sp³-hybridized carbons (Fsp3) is 0.683. The van der Waals surface area contributed by atoms with Crippen LogP contribution in [-0.2, 0) is 49.6 Å². The summed E-state index contributed by atoms with van der Waals surface area (Å²) in [5, 5.41) is 13.3. The zero-order chi connectivity index (χ0) is 42.8. The molecule has 56 heavy (non-hydrogen) atoms. The number of methoxy groups -OCH3 is 1. The third-order valence-corrected chi connectivity index (χ3v) is 9.15.